The number of pyridine rings is 1. The molecule has 1 aromatic rings. The first-order chi connectivity index (χ1) is 8.88. The molecule has 3 nitrogen and oxygen atoms in total. The van der Waals surface area contributed by atoms with Crippen LogP contribution in [-0.4, -0.2) is 24.2 Å². The number of hydrogen-bond acceptors (Lipinski definition) is 3. The second-order valence-electron chi connectivity index (χ2n) is 4.55. The monoisotopic (exact) mass is 338 g/mol. The smallest absolute Gasteiger partial charge is 0.378 e. The molecule has 1 aliphatic rings. The van der Waals surface area contributed by atoms with Crippen molar-refractivity contribution >= 4 is 21.7 Å². The number of rotatable bonds is 3. The maximum atomic E-state index is 12.9. The highest BCUT2D eigenvalue weighted by Gasteiger charge is 2.35. The van der Waals surface area contributed by atoms with Crippen LogP contribution in [0.5, 0.6) is 0 Å². The molecular weight excluding hydrogens is 325 g/mol. The van der Waals surface area contributed by atoms with Gasteiger partial charge in [0.1, 0.15) is 5.82 Å². The first kappa shape index (κ1) is 14.6. The van der Waals surface area contributed by atoms with Gasteiger partial charge in [-0.15, -0.1) is 0 Å². The molecule has 2 unspecified atom stereocenters. The van der Waals surface area contributed by atoms with Gasteiger partial charge in [0, 0.05) is 29.7 Å². The van der Waals surface area contributed by atoms with Gasteiger partial charge >= 0.3 is 6.18 Å². The zero-order valence-corrected chi connectivity index (χ0v) is 11.9. The summed E-state index contributed by atoms with van der Waals surface area (Å²) in [5.41, 5.74) is -0.756. The Bertz CT molecular complexity index is 453. The van der Waals surface area contributed by atoms with Crippen LogP contribution in [0.25, 0.3) is 0 Å². The molecule has 1 aliphatic heterocycles. The number of halogens is 4. The van der Waals surface area contributed by atoms with Crippen molar-refractivity contribution < 1.29 is 17.9 Å². The van der Waals surface area contributed by atoms with Gasteiger partial charge < -0.3 is 10.1 Å². The Kier molecular flexibility index (Phi) is 4.35. The summed E-state index contributed by atoms with van der Waals surface area (Å²) in [5, 5.41) is 2.79. The minimum absolute atomic E-state index is 0.0669. The molecule has 2 rings (SSSR count). The Labute approximate surface area is 117 Å². The average molecular weight is 339 g/mol. The van der Waals surface area contributed by atoms with Crippen LogP contribution in [0.15, 0.2) is 16.7 Å². The highest BCUT2D eigenvalue weighted by atomic mass is 79.9. The van der Waals surface area contributed by atoms with Gasteiger partial charge in [0.2, 0.25) is 0 Å². The SMILES string of the molecule is CC1OCCC1CNc1ncc(Br)cc1C(F)(F)F. The Morgan fingerprint density at radius 3 is 2.84 bits per heavy atom. The molecule has 0 amide bonds. The van der Waals surface area contributed by atoms with Crippen molar-refractivity contribution in [2.75, 3.05) is 18.5 Å². The predicted molar refractivity (Wildman–Crippen MR) is 68.9 cm³/mol. The molecule has 2 heterocycles. The lowest BCUT2D eigenvalue weighted by atomic mass is 10.0. The average Bonchev–Trinajstić information content (AvgIpc) is 2.72. The van der Waals surface area contributed by atoms with Crippen molar-refractivity contribution in [1.29, 1.82) is 0 Å². The first-order valence-electron chi connectivity index (χ1n) is 5.96. The number of nitrogens with one attached hydrogen (secondary N) is 1. The molecule has 1 saturated heterocycles. The quantitative estimate of drug-likeness (QED) is 0.912. The van der Waals surface area contributed by atoms with E-state index in [9.17, 15) is 13.2 Å². The van der Waals surface area contributed by atoms with E-state index < -0.39 is 11.7 Å². The Balaban J connectivity index is 2.11. The van der Waals surface area contributed by atoms with Gasteiger partial charge in [0.15, 0.2) is 0 Å². The zero-order valence-electron chi connectivity index (χ0n) is 10.3. The van der Waals surface area contributed by atoms with E-state index in [1.54, 1.807) is 0 Å². The standard InChI is InChI=1S/C12H14BrF3N2O/c1-7-8(2-3-19-7)5-17-11-10(12(14,15)16)4-9(13)6-18-11/h4,6-8H,2-3,5H2,1H3,(H,17,18). The van der Waals surface area contributed by atoms with Gasteiger partial charge in [-0.1, -0.05) is 0 Å². The second kappa shape index (κ2) is 5.66. The number of hydrogen-bond donors (Lipinski definition) is 1. The number of aromatic nitrogens is 1. The molecule has 1 N–H and O–H groups in total. The van der Waals surface area contributed by atoms with E-state index >= 15 is 0 Å². The largest absolute Gasteiger partial charge is 0.419 e. The van der Waals surface area contributed by atoms with Crippen molar-refractivity contribution in [3.8, 4) is 0 Å². The van der Waals surface area contributed by atoms with Crippen LogP contribution >= 0.6 is 15.9 Å². The summed E-state index contributed by atoms with van der Waals surface area (Å²) in [6.45, 7) is 3.02. The molecule has 0 radical (unpaired) electrons. The fourth-order valence-corrected chi connectivity index (χ4v) is 2.40. The van der Waals surface area contributed by atoms with Crippen LogP contribution in [0.3, 0.4) is 0 Å². The molecule has 2 atom stereocenters. The van der Waals surface area contributed by atoms with E-state index in [0.717, 1.165) is 12.5 Å². The van der Waals surface area contributed by atoms with E-state index in [-0.39, 0.29) is 17.8 Å². The van der Waals surface area contributed by atoms with Crippen LogP contribution in [0.2, 0.25) is 0 Å². The van der Waals surface area contributed by atoms with Gasteiger partial charge in [-0.25, -0.2) is 4.98 Å². The molecule has 19 heavy (non-hydrogen) atoms. The van der Waals surface area contributed by atoms with Crippen LogP contribution in [0.1, 0.15) is 18.9 Å². The van der Waals surface area contributed by atoms with Crippen LogP contribution in [-0.2, 0) is 10.9 Å². The van der Waals surface area contributed by atoms with Gasteiger partial charge in [-0.05, 0) is 35.3 Å². The summed E-state index contributed by atoms with van der Waals surface area (Å²) >= 11 is 3.01. The number of anilines is 1. The zero-order chi connectivity index (χ0) is 14.0. The van der Waals surface area contributed by atoms with Gasteiger partial charge in [-0.3, -0.25) is 0 Å². The fourth-order valence-electron chi connectivity index (χ4n) is 2.07. The molecule has 0 saturated carbocycles. The van der Waals surface area contributed by atoms with E-state index in [0.29, 0.717) is 17.6 Å². The molecule has 7 heteroatoms. The van der Waals surface area contributed by atoms with Crippen molar-refractivity contribution in [1.82, 2.24) is 4.98 Å². The number of nitrogens with zero attached hydrogens (tertiary/aromatic N) is 1. The third-order valence-corrected chi connectivity index (χ3v) is 3.66. The lowest BCUT2D eigenvalue weighted by Gasteiger charge is -2.18. The third kappa shape index (κ3) is 3.60. The molecule has 0 bridgehead atoms. The van der Waals surface area contributed by atoms with Crippen LogP contribution in [0.4, 0.5) is 19.0 Å². The molecule has 0 aliphatic carbocycles. The Morgan fingerprint density at radius 1 is 1.53 bits per heavy atom. The van der Waals surface area contributed by atoms with Crippen LogP contribution < -0.4 is 5.32 Å². The number of alkyl halides is 3. The summed E-state index contributed by atoms with van der Waals surface area (Å²) in [5.74, 6) is 0.0846. The normalized spacial score (nSPS) is 23.6. The summed E-state index contributed by atoms with van der Waals surface area (Å²) in [4.78, 5) is 3.81. The fraction of sp³-hybridized carbons (Fsp3) is 0.583. The highest BCUT2D eigenvalue weighted by molar-refractivity contribution is 9.10. The summed E-state index contributed by atoms with van der Waals surface area (Å²) in [6, 6.07) is 1.03. The van der Waals surface area contributed by atoms with Crippen molar-refractivity contribution in [3.63, 3.8) is 0 Å². The lowest BCUT2D eigenvalue weighted by molar-refractivity contribution is -0.137. The van der Waals surface area contributed by atoms with Crippen molar-refractivity contribution in [3.05, 3.63) is 22.3 Å². The van der Waals surface area contributed by atoms with Gasteiger partial charge in [-0.2, -0.15) is 13.2 Å². The van der Waals surface area contributed by atoms with Gasteiger partial charge in [0.05, 0.1) is 11.7 Å². The Morgan fingerprint density at radius 2 is 2.26 bits per heavy atom. The van der Waals surface area contributed by atoms with E-state index in [1.807, 2.05) is 6.92 Å². The lowest BCUT2D eigenvalue weighted by Crippen LogP contribution is -2.22. The van der Waals surface area contributed by atoms with E-state index in [1.165, 1.54) is 6.20 Å². The molecule has 106 valence electrons. The highest BCUT2D eigenvalue weighted by Crippen LogP contribution is 2.35. The summed E-state index contributed by atoms with van der Waals surface area (Å²) in [7, 11) is 0. The molecule has 0 aromatic carbocycles. The minimum atomic E-state index is -4.42. The number of ether oxygens (including phenoxy) is 1. The van der Waals surface area contributed by atoms with Crippen molar-refractivity contribution in [2.24, 2.45) is 5.92 Å². The third-order valence-electron chi connectivity index (χ3n) is 3.22. The van der Waals surface area contributed by atoms with E-state index in [2.05, 4.69) is 26.2 Å². The second-order valence-corrected chi connectivity index (χ2v) is 5.47. The predicted octanol–water partition coefficient (Wildman–Crippen LogP) is 3.70. The Hall–Kier alpha value is -0.820. The molecule has 0 spiro atoms. The maximum Gasteiger partial charge on any atom is 0.419 e. The topological polar surface area (TPSA) is 34.1 Å². The van der Waals surface area contributed by atoms with Crippen LogP contribution in [0, 0.1) is 5.92 Å². The molecule has 1 aromatic heterocycles. The summed E-state index contributed by atoms with van der Waals surface area (Å²) in [6.07, 6.45) is -2.15. The van der Waals surface area contributed by atoms with Gasteiger partial charge in [0.25, 0.3) is 0 Å². The van der Waals surface area contributed by atoms with E-state index in [4.69, 9.17) is 4.74 Å². The molecular formula is C12H14BrF3N2O. The first-order valence-corrected chi connectivity index (χ1v) is 6.75. The minimum Gasteiger partial charge on any atom is -0.378 e. The maximum absolute atomic E-state index is 12.9. The molecule has 1 fully saturated rings. The van der Waals surface area contributed by atoms with Crippen molar-refractivity contribution in [2.45, 2.75) is 25.6 Å². The summed E-state index contributed by atoms with van der Waals surface area (Å²) < 4.78 is 44.3.